The van der Waals surface area contributed by atoms with Crippen molar-refractivity contribution in [3.63, 3.8) is 0 Å². The number of fused-ring (bicyclic) bond motifs is 1. The molecule has 0 amide bonds. The molecule has 0 saturated heterocycles. The average molecular weight is 371 g/mol. The molecule has 138 valence electrons. The van der Waals surface area contributed by atoms with Crippen LogP contribution in [0.4, 0.5) is 19.1 Å². The molecule has 0 atom stereocenters. The van der Waals surface area contributed by atoms with Gasteiger partial charge in [0.25, 0.3) is 0 Å². The smallest absolute Gasteiger partial charge is 0.348 e. The van der Waals surface area contributed by atoms with Gasteiger partial charge in [0.2, 0.25) is 5.95 Å². The highest BCUT2D eigenvalue weighted by Gasteiger charge is 2.28. The summed E-state index contributed by atoms with van der Waals surface area (Å²) >= 11 is 0. The standard InChI is InChI=1S/C19H16F3N5/c20-19(21,22)13-26-11-10-23-17(26)12-24-18-25-15-8-4-5-9-16(15)27(18)14-6-2-1-3-7-14/h1-11H,12-13H2,(H,24,25). The lowest BCUT2D eigenvalue weighted by Crippen LogP contribution is -2.20. The Hall–Kier alpha value is -3.29. The molecule has 0 aliphatic heterocycles. The Labute approximate surface area is 153 Å². The Morgan fingerprint density at radius 2 is 1.70 bits per heavy atom. The molecule has 8 heteroatoms. The second kappa shape index (κ2) is 6.79. The third kappa shape index (κ3) is 3.64. The van der Waals surface area contributed by atoms with Gasteiger partial charge < -0.3 is 9.88 Å². The maximum absolute atomic E-state index is 12.7. The van der Waals surface area contributed by atoms with Gasteiger partial charge in [0.05, 0.1) is 17.6 Å². The first kappa shape index (κ1) is 17.1. The molecule has 0 bridgehead atoms. The average Bonchev–Trinajstić information content (AvgIpc) is 3.23. The van der Waals surface area contributed by atoms with Crippen LogP contribution >= 0.6 is 0 Å². The molecular formula is C19H16F3N5. The highest BCUT2D eigenvalue weighted by Crippen LogP contribution is 2.25. The van der Waals surface area contributed by atoms with Crippen molar-refractivity contribution in [2.75, 3.05) is 5.32 Å². The van der Waals surface area contributed by atoms with Gasteiger partial charge in [-0.3, -0.25) is 4.57 Å². The third-order valence-electron chi connectivity index (χ3n) is 4.13. The number of nitrogens with zero attached hydrogens (tertiary/aromatic N) is 4. The van der Waals surface area contributed by atoms with Gasteiger partial charge >= 0.3 is 6.18 Å². The summed E-state index contributed by atoms with van der Waals surface area (Å²) < 4.78 is 41.1. The molecule has 0 aliphatic rings. The molecule has 5 nitrogen and oxygen atoms in total. The highest BCUT2D eigenvalue weighted by atomic mass is 19.4. The summed E-state index contributed by atoms with van der Waals surface area (Å²) in [5, 5.41) is 3.13. The van der Waals surface area contributed by atoms with Gasteiger partial charge in [0.15, 0.2) is 0 Å². The first-order valence-electron chi connectivity index (χ1n) is 8.35. The zero-order valence-electron chi connectivity index (χ0n) is 14.2. The summed E-state index contributed by atoms with van der Waals surface area (Å²) in [6, 6.07) is 17.3. The van der Waals surface area contributed by atoms with Crippen molar-refractivity contribution in [2.45, 2.75) is 19.3 Å². The van der Waals surface area contributed by atoms with E-state index in [0.717, 1.165) is 21.3 Å². The Bertz CT molecular complexity index is 1050. The van der Waals surface area contributed by atoms with Gasteiger partial charge in [0.1, 0.15) is 12.4 Å². The largest absolute Gasteiger partial charge is 0.406 e. The first-order chi connectivity index (χ1) is 13.0. The molecule has 0 saturated carbocycles. The zero-order valence-corrected chi connectivity index (χ0v) is 14.2. The fraction of sp³-hybridized carbons (Fsp3) is 0.158. The number of benzene rings is 2. The second-order valence-corrected chi connectivity index (χ2v) is 6.04. The van der Waals surface area contributed by atoms with Crippen LogP contribution in [0.5, 0.6) is 0 Å². The minimum Gasteiger partial charge on any atom is -0.348 e. The topological polar surface area (TPSA) is 47.7 Å². The van der Waals surface area contributed by atoms with E-state index in [4.69, 9.17) is 0 Å². The van der Waals surface area contributed by atoms with Crippen LogP contribution in [0.1, 0.15) is 5.82 Å². The molecule has 2 aromatic carbocycles. The molecule has 1 N–H and O–H groups in total. The van der Waals surface area contributed by atoms with Crippen molar-refractivity contribution in [3.05, 3.63) is 72.8 Å². The van der Waals surface area contributed by atoms with Crippen LogP contribution in [0.15, 0.2) is 67.0 Å². The number of para-hydroxylation sites is 3. The maximum atomic E-state index is 12.7. The molecule has 0 fully saturated rings. The molecule has 27 heavy (non-hydrogen) atoms. The van der Waals surface area contributed by atoms with E-state index in [-0.39, 0.29) is 6.54 Å². The number of alkyl halides is 3. The molecule has 2 heterocycles. The molecule has 0 radical (unpaired) electrons. The lowest BCUT2D eigenvalue weighted by atomic mass is 10.3. The number of imidazole rings is 2. The zero-order chi connectivity index (χ0) is 18.9. The molecule has 4 rings (SSSR count). The van der Waals surface area contributed by atoms with E-state index in [1.165, 1.54) is 12.4 Å². The summed E-state index contributed by atoms with van der Waals surface area (Å²) in [7, 11) is 0. The van der Waals surface area contributed by atoms with Crippen LogP contribution in [-0.4, -0.2) is 25.3 Å². The Morgan fingerprint density at radius 3 is 2.48 bits per heavy atom. The van der Waals surface area contributed by atoms with E-state index >= 15 is 0 Å². The molecule has 0 spiro atoms. The van der Waals surface area contributed by atoms with E-state index in [1.807, 2.05) is 59.2 Å². The molecule has 2 aromatic heterocycles. The summed E-state index contributed by atoms with van der Waals surface area (Å²) in [4.78, 5) is 8.62. The number of rotatable bonds is 5. The van der Waals surface area contributed by atoms with E-state index in [0.29, 0.717) is 11.8 Å². The number of nitrogens with one attached hydrogen (secondary N) is 1. The van der Waals surface area contributed by atoms with Crippen LogP contribution in [0.2, 0.25) is 0 Å². The minimum absolute atomic E-state index is 0.124. The van der Waals surface area contributed by atoms with Crippen LogP contribution in [-0.2, 0) is 13.1 Å². The molecule has 4 aromatic rings. The maximum Gasteiger partial charge on any atom is 0.406 e. The lowest BCUT2D eigenvalue weighted by Gasteiger charge is -2.13. The fourth-order valence-corrected chi connectivity index (χ4v) is 2.99. The monoisotopic (exact) mass is 371 g/mol. The van der Waals surface area contributed by atoms with E-state index in [1.54, 1.807) is 0 Å². The van der Waals surface area contributed by atoms with Gasteiger partial charge in [-0.1, -0.05) is 30.3 Å². The predicted molar refractivity (Wildman–Crippen MR) is 96.7 cm³/mol. The third-order valence-corrected chi connectivity index (χ3v) is 4.13. The van der Waals surface area contributed by atoms with Crippen LogP contribution < -0.4 is 5.32 Å². The van der Waals surface area contributed by atoms with Gasteiger partial charge in [-0.15, -0.1) is 0 Å². The first-order valence-corrected chi connectivity index (χ1v) is 8.35. The van der Waals surface area contributed by atoms with Gasteiger partial charge in [0, 0.05) is 18.1 Å². The summed E-state index contributed by atoms with van der Waals surface area (Å²) in [5.41, 5.74) is 2.61. The number of aromatic nitrogens is 4. The van der Waals surface area contributed by atoms with E-state index < -0.39 is 12.7 Å². The quantitative estimate of drug-likeness (QED) is 0.566. The van der Waals surface area contributed by atoms with Crippen molar-refractivity contribution in [2.24, 2.45) is 0 Å². The Kier molecular flexibility index (Phi) is 4.31. The molecule has 0 aliphatic carbocycles. The normalized spacial score (nSPS) is 11.8. The fourth-order valence-electron chi connectivity index (χ4n) is 2.99. The van der Waals surface area contributed by atoms with Gasteiger partial charge in [-0.05, 0) is 24.3 Å². The number of anilines is 1. The predicted octanol–water partition coefficient (Wildman–Crippen LogP) is 4.40. The van der Waals surface area contributed by atoms with Crippen LogP contribution in [0.3, 0.4) is 0 Å². The molecule has 0 unspecified atom stereocenters. The van der Waals surface area contributed by atoms with E-state index in [9.17, 15) is 13.2 Å². The number of hydrogen-bond acceptors (Lipinski definition) is 3. The van der Waals surface area contributed by atoms with Gasteiger partial charge in [-0.2, -0.15) is 13.2 Å². The van der Waals surface area contributed by atoms with Crippen LogP contribution in [0, 0.1) is 0 Å². The van der Waals surface area contributed by atoms with Crippen molar-refractivity contribution < 1.29 is 13.2 Å². The Balaban J connectivity index is 1.67. The summed E-state index contributed by atoms with van der Waals surface area (Å²) in [6.45, 7) is -0.946. The van der Waals surface area contributed by atoms with Crippen molar-refractivity contribution in [1.82, 2.24) is 19.1 Å². The summed E-state index contributed by atoms with van der Waals surface area (Å²) in [5.74, 6) is 0.836. The second-order valence-electron chi connectivity index (χ2n) is 6.04. The molecular weight excluding hydrogens is 355 g/mol. The Morgan fingerprint density at radius 1 is 0.963 bits per heavy atom. The summed E-state index contributed by atoms with van der Waals surface area (Å²) in [6.07, 6.45) is -1.61. The van der Waals surface area contributed by atoms with Crippen LogP contribution in [0.25, 0.3) is 16.7 Å². The van der Waals surface area contributed by atoms with E-state index in [2.05, 4.69) is 15.3 Å². The number of hydrogen-bond donors (Lipinski definition) is 1. The SMILES string of the molecule is FC(F)(F)Cn1ccnc1CNc1nc2ccccc2n1-c1ccccc1. The van der Waals surface area contributed by atoms with Crippen molar-refractivity contribution in [3.8, 4) is 5.69 Å². The minimum atomic E-state index is -4.30. The highest BCUT2D eigenvalue weighted by molar-refractivity contribution is 5.81. The van der Waals surface area contributed by atoms with Crippen molar-refractivity contribution in [1.29, 1.82) is 0 Å². The van der Waals surface area contributed by atoms with Crippen molar-refractivity contribution >= 4 is 17.0 Å². The van der Waals surface area contributed by atoms with Gasteiger partial charge in [-0.25, -0.2) is 9.97 Å². The lowest BCUT2D eigenvalue weighted by molar-refractivity contribution is -0.141. The number of halogens is 3.